The Morgan fingerprint density at radius 2 is 1.68 bits per heavy atom. The second-order valence-corrected chi connectivity index (χ2v) is 9.77. The molecule has 0 saturated carbocycles. The molecule has 0 atom stereocenters. The summed E-state index contributed by atoms with van der Waals surface area (Å²) in [6, 6.07) is 14.8. The Morgan fingerprint density at radius 1 is 1.02 bits per heavy atom. The van der Waals surface area contributed by atoms with Gasteiger partial charge in [0.05, 0.1) is 28.5 Å². The molecule has 2 aromatic carbocycles. The summed E-state index contributed by atoms with van der Waals surface area (Å²) in [6.45, 7) is 9.74. The number of methoxy groups -OCH3 is 1. The molecule has 3 aromatic rings. The highest BCUT2D eigenvalue weighted by atomic mass is 35.5. The molecular weight excluding hydrogens is 526 g/mol. The summed E-state index contributed by atoms with van der Waals surface area (Å²) in [5.41, 5.74) is 4.12. The summed E-state index contributed by atoms with van der Waals surface area (Å²) < 4.78 is 5.98. The molecule has 0 unspecified atom stereocenters. The lowest BCUT2D eigenvalue weighted by atomic mass is 10.1. The first-order valence-corrected chi connectivity index (χ1v) is 14.4. The number of likely N-dealkylation sites (tertiary alicyclic amines) is 1. The molecule has 218 valence electrons. The van der Waals surface area contributed by atoms with E-state index in [0.29, 0.717) is 22.9 Å². The van der Waals surface area contributed by atoms with Crippen LogP contribution >= 0.6 is 11.6 Å². The number of nitrogens with zero attached hydrogens (tertiary/aromatic N) is 3. The normalized spacial score (nSPS) is 12.1. The van der Waals surface area contributed by atoms with Gasteiger partial charge in [-0.2, -0.15) is 5.10 Å². The van der Waals surface area contributed by atoms with Crippen molar-refractivity contribution in [1.29, 1.82) is 0 Å². The number of carbonyl (C=O) groups excluding carboxylic acids is 2. The molecule has 0 spiro atoms. The summed E-state index contributed by atoms with van der Waals surface area (Å²) in [5, 5.41) is 11.0. The minimum atomic E-state index is -0.395. The van der Waals surface area contributed by atoms with Crippen molar-refractivity contribution in [2.75, 3.05) is 37.9 Å². The molecule has 40 heavy (non-hydrogen) atoms. The number of nitrogens with one attached hydrogen (secondary N) is 2. The molecule has 1 saturated heterocycles. The lowest BCUT2D eigenvalue weighted by Crippen LogP contribution is -2.29. The lowest BCUT2D eigenvalue weighted by Gasteiger charge is -2.15. The van der Waals surface area contributed by atoms with Crippen molar-refractivity contribution in [3.05, 3.63) is 70.4 Å². The number of urea groups is 1. The molecule has 8 nitrogen and oxygen atoms in total. The molecule has 1 aliphatic rings. The Bertz CT molecular complexity index is 1200. The minimum absolute atomic E-state index is 0.171. The van der Waals surface area contributed by atoms with E-state index in [2.05, 4.69) is 22.3 Å². The van der Waals surface area contributed by atoms with E-state index in [1.54, 1.807) is 25.0 Å². The Labute approximate surface area is 244 Å². The van der Waals surface area contributed by atoms with Crippen LogP contribution in [0.3, 0.4) is 0 Å². The Morgan fingerprint density at radius 3 is 2.30 bits per heavy atom. The fourth-order valence-electron chi connectivity index (χ4n) is 4.22. The second-order valence-electron chi connectivity index (χ2n) is 9.39. The fraction of sp³-hybridized carbons (Fsp3) is 0.452. The summed E-state index contributed by atoms with van der Waals surface area (Å²) in [5.74, 6) is 0.739. The number of aryl methyl sites for hydroxylation is 2. The van der Waals surface area contributed by atoms with Gasteiger partial charge in [0.15, 0.2) is 0 Å². The van der Waals surface area contributed by atoms with Gasteiger partial charge in [0.25, 0.3) is 0 Å². The van der Waals surface area contributed by atoms with Crippen LogP contribution < -0.4 is 10.6 Å². The van der Waals surface area contributed by atoms with Crippen LogP contribution in [0.2, 0.25) is 5.02 Å². The largest absolute Gasteiger partial charge is 0.388 e. The average Bonchev–Trinajstić information content (AvgIpc) is 3.63. The van der Waals surface area contributed by atoms with E-state index in [-0.39, 0.29) is 5.91 Å². The third-order valence-corrected chi connectivity index (χ3v) is 6.72. The number of unbranched alkanes of at least 4 members (excludes halogenated alkanes) is 1. The van der Waals surface area contributed by atoms with E-state index >= 15 is 0 Å². The minimum Gasteiger partial charge on any atom is -0.388 e. The van der Waals surface area contributed by atoms with Gasteiger partial charge >= 0.3 is 6.03 Å². The average molecular weight is 570 g/mol. The molecule has 0 radical (unpaired) electrons. The van der Waals surface area contributed by atoms with Crippen molar-refractivity contribution in [1.82, 2.24) is 14.7 Å². The first-order chi connectivity index (χ1) is 19.4. The van der Waals surface area contributed by atoms with Crippen LogP contribution in [0.1, 0.15) is 63.3 Å². The zero-order valence-electron chi connectivity index (χ0n) is 24.7. The monoisotopic (exact) mass is 569 g/mol. The molecule has 2 N–H and O–H groups in total. The predicted octanol–water partition coefficient (Wildman–Crippen LogP) is 7.27. The highest BCUT2D eigenvalue weighted by Crippen LogP contribution is 2.26. The van der Waals surface area contributed by atoms with Crippen LogP contribution in [0.25, 0.3) is 5.69 Å². The highest BCUT2D eigenvalue weighted by Gasteiger charge is 2.18. The summed E-state index contributed by atoms with van der Waals surface area (Å²) in [6.07, 6.45) is 5.46. The predicted molar refractivity (Wildman–Crippen MR) is 165 cm³/mol. The molecule has 0 bridgehead atoms. The van der Waals surface area contributed by atoms with E-state index in [0.717, 1.165) is 67.7 Å². The van der Waals surface area contributed by atoms with Crippen LogP contribution in [0.5, 0.6) is 0 Å². The third-order valence-electron chi connectivity index (χ3n) is 6.22. The number of carbonyl (C=O) groups is 2. The van der Waals surface area contributed by atoms with E-state index in [4.69, 9.17) is 16.7 Å². The molecule has 4 rings (SSSR count). The molecule has 0 aliphatic carbocycles. The van der Waals surface area contributed by atoms with Crippen LogP contribution in [0.15, 0.2) is 48.5 Å². The van der Waals surface area contributed by atoms with Crippen molar-refractivity contribution >= 4 is 35.0 Å². The maximum Gasteiger partial charge on any atom is 0.324 e. The summed E-state index contributed by atoms with van der Waals surface area (Å²) in [7, 11) is 3.25. The van der Waals surface area contributed by atoms with E-state index < -0.39 is 6.03 Å². The number of amides is 3. The zero-order valence-corrected chi connectivity index (χ0v) is 25.5. The van der Waals surface area contributed by atoms with Gasteiger partial charge in [-0.05, 0) is 61.9 Å². The van der Waals surface area contributed by atoms with E-state index in [1.165, 1.54) is 0 Å². The van der Waals surface area contributed by atoms with Crippen molar-refractivity contribution in [3.8, 4) is 5.69 Å². The molecule has 1 aromatic heterocycles. The van der Waals surface area contributed by atoms with Crippen LogP contribution in [0.4, 0.5) is 16.3 Å². The third kappa shape index (κ3) is 9.68. The number of rotatable bonds is 8. The molecule has 1 aliphatic heterocycles. The van der Waals surface area contributed by atoms with E-state index in [9.17, 15) is 9.59 Å². The number of aromatic nitrogens is 2. The van der Waals surface area contributed by atoms with Gasteiger partial charge in [-0.15, -0.1) is 0 Å². The van der Waals surface area contributed by atoms with Crippen LogP contribution in [-0.2, 0) is 22.4 Å². The van der Waals surface area contributed by atoms with Crippen LogP contribution in [-0.4, -0.2) is 53.9 Å². The summed E-state index contributed by atoms with van der Waals surface area (Å²) >= 11 is 6.33. The van der Waals surface area contributed by atoms with Crippen LogP contribution in [0, 0.1) is 6.92 Å². The first kappa shape index (κ1) is 32.8. The molecule has 2 heterocycles. The zero-order chi connectivity index (χ0) is 29.5. The number of ether oxygens (including phenoxy) is 1. The van der Waals surface area contributed by atoms with Gasteiger partial charge in [0.1, 0.15) is 5.82 Å². The van der Waals surface area contributed by atoms with Gasteiger partial charge in [-0.25, -0.2) is 9.48 Å². The van der Waals surface area contributed by atoms with Gasteiger partial charge in [-0.1, -0.05) is 63.1 Å². The molecule has 9 heteroatoms. The number of hydrogen-bond donors (Lipinski definition) is 2. The standard InChI is InChI=1S/C27H32ClN5O2.C2H6O.C2H6/c1-3-4-9-21-18-24(30-27(35)29-23-10-7-8-19(2)26(23)28)33(31-21)22-13-11-20(12-14-22)17-25(34)32-15-5-6-16-32;1-3-2;1-2/h7-8,10-14,18H,3-6,9,15-17H2,1-2H3,(H2,29,30,35);1-2H3;1-2H3. The Balaban J connectivity index is 0.00000105. The van der Waals surface area contributed by atoms with Gasteiger partial charge in [0.2, 0.25) is 5.91 Å². The van der Waals surface area contributed by atoms with Gasteiger partial charge in [0, 0.05) is 33.4 Å². The fourth-order valence-corrected chi connectivity index (χ4v) is 4.39. The van der Waals surface area contributed by atoms with Gasteiger partial charge < -0.3 is 15.0 Å². The van der Waals surface area contributed by atoms with Crippen molar-refractivity contribution in [2.24, 2.45) is 0 Å². The Hall–Kier alpha value is -3.36. The Kier molecular flexibility index (Phi) is 14.3. The number of halogens is 1. The second kappa shape index (κ2) is 17.4. The van der Waals surface area contributed by atoms with Crippen molar-refractivity contribution < 1.29 is 14.3 Å². The SMILES string of the molecule is CC.CCCCc1cc(NC(=O)Nc2cccc(C)c2Cl)n(-c2ccc(CC(=O)N3CCCC3)cc2)n1.COC. The molecular formula is C31H44ClN5O3. The summed E-state index contributed by atoms with van der Waals surface area (Å²) in [4.78, 5) is 27.2. The molecule has 3 amide bonds. The number of benzene rings is 2. The maximum absolute atomic E-state index is 12.8. The topological polar surface area (TPSA) is 88.5 Å². The number of hydrogen-bond acceptors (Lipinski definition) is 4. The quantitative estimate of drug-likeness (QED) is 0.298. The molecule has 1 fully saturated rings. The van der Waals surface area contributed by atoms with Gasteiger partial charge in [-0.3, -0.25) is 10.1 Å². The highest BCUT2D eigenvalue weighted by molar-refractivity contribution is 6.34. The van der Waals surface area contributed by atoms with Crippen molar-refractivity contribution in [3.63, 3.8) is 0 Å². The first-order valence-electron chi connectivity index (χ1n) is 14.1. The lowest BCUT2D eigenvalue weighted by molar-refractivity contribution is -0.129. The van der Waals surface area contributed by atoms with E-state index in [1.807, 2.05) is 68.1 Å². The smallest absolute Gasteiger partial charge is 0.324 e. The maximum atomic E-state index is 12.8. The number of anilines is 2. The van der Waals surface area contributed by atoms with Crippen molar-refractivity contribution in [2.45, 2.75) is 66.2 Å².